The molecule has 70 valence electrons. The van der Waals surface area contributed by atoms with Gasteiger partial charge in [0.25, 0.3) is 0 Å². The Balaban J connectivity index is 2.80. The average molecular weight is 191 g/mol. The van der Waals surface area contributed by atoms with E-state index in [0.717, 1.165) is 0 Å². The van der Waals surface area contributed by atoms with Crippen LogP contribution in [0.3, 0.4) is 0 Å². The number of H-pyrrole nitrogens is 1. The molecule has 0 radical (unpaired) electrons. The van der Waals surface area contributed by atoms with Gasteiger partial charge in [-0.25, -0.2) is 4.39 Å². The van der Waals surface area contributed by atoms with Crippen LogP contribution in [0.5, 0.6) is 0 Å². The molecule has 0 aliphatic heterocycles. The van der Waals surface area contributed by atoms with Crippen LogP contribution in [-0.2, 0) is 0 Å². The Kier molecular flexibility index (Phi) is 1.83. The molecule has 0 aliphatic rings. The Labute approximate surface area is 78.2 Å². The molecule has 0 spiro atoms. The lowest BCUT2D eigenvalue weighted by Gasteiger charge is -1.94. The summed E-state index contributed by atoms with van der Waals surface area (Å²) >= 11 is 0. The highest BCUT2D eigenvalue weighted by atomic mass is 19.1. The standard InChI is InChI=1S/C8H6FN5/c1-4-8-6(9)2-5(12-14-10)3-7(8)13-11-4/h2-3H,1H3,(H,11,13). The summed E-state index contributed by atoms with van der Waals surface area (Å²) in [4.78, 5) is 2.58. The van der Waals surface area contributed by atoms with Gasteiger partial charge in [0.05, 0.1) is 10.9 Å². The molecule has 5 nitrogen and oxygen atoms in total. The number of benzene rings is 1. The maximum Gasteiger partial charge on any atom is 0.134 e. The number of aryl methyl sites for hydroxylation is 1. The molecule has 0 atom stereocenters. The van der Waals surface area contributed by atoms with Gasteiger partial charge in [-0.2, -0.15) is 5.10 Å². The van der Waals surface area contributed by atoms with E-state index in [9.17, 15) is 4.39 Å². The number of rotatable bonds is 1. The maximum absolute atomic E-state index is 13.4. The van der Waals surface area contributed by atoms with E-state index >= 15 is 0 Å². The summed E-state index contributed by atoms with van der Waals surface area (Å²) in [5.41, 5.74) is 9.54. The molecule has 0 unspecified atom stereocenters. The Morgan fingerprint density at radius 2 is 2.36 bits per heavy atom. The minimum Gasteiger partial charge on any atom is -0.282 e. The number of hydrogen-bond acceptors (Lipinski definition) is 2. The number of aromatic nitrogens is 2. The van der Waals surface area contributed by atoms with E-state index in [-0.39, 0.29) is 5.69 Å². The van der Waals surface area contributed by atoms with Gasteiger partial charge in [0.15, 0.2) is 0 Å². The summed E-state index contributed by atoms with van der Waals surface area (Å²) in [6.07, 6.45) is 0. The molecule has 0 amide bonds. The largest absolute Gasteiger partial charge is 0.282 e. The van der Waals surface area contributed by atoms with Crippen molar-refractivity contribution in [2.45, 2.75) is 6.92 Å². The van der Waals surface area contributed by atoms with Gasteiger partial charge in [0.2, 0.25) is 0 Å². The first-order valence-electron chi connectivity index (χ1n) is 3.91. The Bertz CT molecular complexity index is 538. The van der Waals surface area contributed by atoms with Gasteiger partial charge >= 0.3 is 0 Å². The number of nitrogens with one attached hydrogen (secondary N) is 1. The van der Waals surface area contributed by atoms with Gasteiger partial charge in [-0.1, -0.05) is 5.11 Å². The summed E-state index contributed by atoms with van der Waals surface area (Å²) in [6, 6.07) is 2.71. The number of halogens is 1. The van der Waals surface area contributed by atoms with Gasteiger partial charge < -0.3 is 0 Å². The second kappa shape index (κ2) is 3.01. The quantitative estimate of drug-likeness (QED) is 0.419. The van der Waals surface area contributed by atoms with Crippen LogP contribution in [0.2, 0.25) is 0 Å². The third-order valence-corrected chi connectivity index (χ3v) is 1.93. The number of nitrogens with zero attached hydrogens (tertiary/aromatic N) is 4. The van der Waals surface area contributed by atoms with Crippen LogP contribution in [0, 0.1) is 12.7 Å². The van der Waals surface area contributed by atoms with Crippen molar-refractivity contribution in [3.63, 3.8) is 0 Å². The van der Waals surface area contributed by atoms with Gasteiger partial charge in [-0.15, -0.1) is 0 Å². The monoisotopic (exact) mass is 191 g/mol. The van der Waals surface area contributed by atoms with Crippen molar-refractivity contribution in [1.29, 1.82) is 0 Å². The molecule has 2 rings (SSSR count). The second-order valence-corrected chi connectivity index (χ2v) is 2.86. The molecule has 1 aromatic heterocycles. The van der Waals surface area contributed by atoms with Crippen molar-refractivity contribution in [3.8, 4) is 0 Å². The smallest absolute Gasteiger partial charge is 0.134 e. The van der Waals surface area contributed by atoms with Crippen molar-refractivity contribution in [2.24, 2.45) is 5.11 Å². The SMILES string of the molecule is Cc1[nH]nc2cc(N=[N+]=[N-])cc(F)c12. The minimum absolute atomic E-state index is 0.226. The molecule has 14 heavy (non-hydrogen) atoms. The lowest BCUT2D eigenvalue weighted by Crippen LogP contribution is -1.78. The van der Waals surface area contributed by atoms with Gasteiger partial charge in [-0.3, -0.25) is 5.10 Å². The van der Waals surface area contributed by atoms with E-state index in [1.54, 1.807) is 6.92 Å². The Morgan fingerprint density at radius 1 is 1.57 bits per heavy atom. The zero-order valence-electron chi connectivity index (χ0n) is 7.32. The van der Waals surface area contributed by atoms with Crippen molar-refractivity contribution in [1.82, 2.24) is 10.2 Å². The van der Waals surface area contributed by atoms with E-state index in [2.05, 4.69) is 20.2 Å². The van der Waals surface area contributed by atoms with Crippen molar-refractivity contribution in [2.75, 3.05) is 0 Å². The van der Waals surface area contributed by atoms with Gasteiger partial charge in [-0.05, 0) is 24.6 Å². The van der Waals surface area contributed by atoms with Crippen LogP contribution >= 0.6 is 0 Å². The van der Waals surface area contributed by atoms with Crippen LogP contribution in [0.25, 0.3) is 21.3 Å². The zero-order chi connectivity index (χ0) is 10.1. The fourth-order valence-corrected chi connectivity index (χ4v) is 1.35. The third kappa shape index (κ3) is 1.18. The predicted molar refractivity (Wildman–Crippen MR) is 49.6 cm³/mol. The van der Waals surface area contributed by atoms with E-state index in [1.165, 1.54) is 12.1 Å². The summed E-state index contributed by atoms with van der Waals surface area (Å²) in [5, 5.41) is 10.3. The Morgan fingerprint density at radius 3 is 3.07 bits per heavy atom. The number of fused-ring (bicyclic) bond motifs is 1. The molecule has 0 bridgehead atoms. The number of hydrogen-bond donors (Lipinski definition) is 1. The van der Waals surface area contributed by atoms with Crippen molar-refractivity contribution >= 4 is 16.6 Å². The molecular formula is C8H6FN5. The molecule has 1 N–H and O–H groups in total. The number of azide groups is 1. The molecule has 1 aromatic carbocycles. The minimum atomic E-state index is -0.434. The van der Waals surface area contributed by atoms with E-state index in [4.69, 9.17) is 5.53 Å². The lowest BCUT2D eigenvalue weighted by atomic mass is 10.2. The summed E-state index contributed by atoms with van der Waals surface area (Å²) in [6.45, 7) is 1.73. The second-order valence-electron chi connectivity index (χ2n) is 2.86. The molecule has 6 heteroatoms. The van der Waals surface area contributed by atoms with E-state index < -0.39 is 5.82 Å². The third-order valence-electron chi connectivity index (χ3n) is 1.93. The Hall–Kier alpha value is -2.07. The molecule has 1 heterocycles. The average Bonchev–Trinajstić information content (AvgIpc) is 2.48. The topological polar surface area (TPSA) is 77.4 Å². The molecule has 0 fully saturated rings. The molecule has 2 aromatic rings. The highest BCUT2D eigenvalue weighted by molar-refractivity contribution is 5.84. The number of aromatic amines is 1. The molecular weight excluding hydrogens is 185 g/mol. The van der Waals surface area contributed by atoms with Crippen LogP contribution in [0.1, 0.15) is 5.69 Å². The van der Waals surface area contributed by atoms with Crippen LogP contribution in [0.15, 0.2) is 17.2 Å². The summed E-state index contributed by atoms with van der Waals surface area (Å²) in [7, 11) is 0. The highest BCUT2D eigenvalue weighted by Gasteiger charge is 2.08. The fraction of sp³-hybridized carbons (Fsp3) is 0.125. The van der Waals surface area contributed by atoms with Crippen molar-refractivity contribution in [3.05, 3.63) is 34.1 Å². The predicted octanol–water partition coefficient (Wildman–Crippen LogP) is 2.95. The zero-order valence-corrected chi connectivity index (χ0v) is 7.32. The van der Waals surface area contributed by atoms with Crippen LogP contribution < -0.4 is 0 Å². The van der Waals surface area contributed by atoms with Crippen molar-refractivity contribution < 1.29 is 4.39 Å². The molecule has 0 saturated heterocycles. The highest BCUT2D eigenvalue weighted by Crippen LogP contribution is 2.25. The molecule has 0 saturated carbocycles. The van der Waals surface area contributed by atoms with E-state index in [0.29, 0.717) is 16.6 Å². The van der Waals surface area contributed by atoms with E-state index in [1.807, 2.05) is 0 Å². The first-order chi connectivity index (χ1) is 6.72. The van der Waals surface area contributed by atoms with Gasteiger partial charge in [0.1, 0.15) is 5.82 Å². The van der Waals surface area contributed by atoms with Crippen LogP contribution in [-0.4, -0.2) is 10.2 Å². The lowest BCUT2D eigenvalue weighted by molar-refractivity contribution is 0.639. The first kappa shape index (κ1) is 8.52. The molecule has 0 aliphatic carbocycles. The van der Waals surface area contributed by atoms with Gasteiger partial charge in [0, 0.05) is 16.3 Å². The normalized spacial score (nSPS) is 10.1. The summed E-state index contributed by atoms with van der Waals surface area (Å²) < 4.78 is 13.4. The fourth-order valence-electron chi connectivity index (χ4n) is 1.35. The maximum atomic E-state index is 13.4. The van der Waals surface area contributed by atoms with Crippen LogP contribution in [0.4, 0.5) is 10.1 Å². The first-order valence-corrected chi connectivity index (χ1v) is 3.91. The summed E-state index contributed by atoms with van der Waals surface area (Å²) in [5.74, 6) is -0.434.